The quantitative estimate of drug-likeness (QED) is 0.487. The zero-order valence-corrected chi connectivity index (χ0v) is 15.3. The van der Waals surface area contributed by atoms with Crippen LogP contribution in [0.2, 0.25) is 0 Å². The third kappa shape index (κ3) is 2.91. The van der Waals surface area contributed by atoms with Gasteiger partial charge in [0.1, 0.15) is 12.4 Å². The van der Waals surface area contributed by atoms with Crippen molar-refractivity contribution < 1.29 is 27.1 Å². The van der Waals surface area contributed by atoms with Crippen molar-refractivity contribution in [1.29, 1.82) is 0 Å². The number of ketones is 1. The molecular weight excluding hydrogens is 385 g/mol. The summed E-state index contributed by atoms with van der Waals surface area (Å²) >= 11 is 0. The van der Waals surface area contributed by atoms with Crippen molar-refractivity contribution in [2.75, 3.05) is 17.5 Å². The molecule has 8 heteroatoms. The fourth-order valence-corrected chi connectivity index (χ4v) is 4.86. The lowest BCUT2D eigenvalue weighted by Crippen LogP contribution is -2.34. The summed E-state index contributed by atoms with van der Waals surface area (Å²) in [6, 6.07) is 15.3. The maximum atomic E-state index is 13.6. The van der Waals surface area contributed by atoms with Crippen molar-refractivity contribution in [2.24, 2.45) is 0 Å². The van der Waals surface area contributed by atoms with E-state index < -0.39 is 40.7 Å². The van der Waals surface area contributed by atoms with Crippen LogP contribution in [0.5, 0.6) is 0 Å². The van der Waals surface area contributed by atoms with Gasteiger partial charge in [-0.15, -0.1) is 0 Å². The minimum absolute atomic E-state index is 0.121. The fourth-order valence-electron chi connectivity index (χ4n) is 3.20. The molecule has 0 amide bonds. The van der Waals surface area contributed by atoms with E-state index in [0.29, 0.717) is 11.1 Å². The number of hydrogen-bond donors (Lipinski definition) is 0. The summed E-state index contributed by atoms with van der Waals surface area (Å²) in [6.07, 6.45) is 0. The van der Waals surface area contributed by atoms with Crippen LogP contribution in [0.1, 0.15) is 10.4 Å². The van der Waals surface area contributed by atoms with Crippen molar-refractivity contribution in [3.05, 3.63) is 72.0 Å². The molecule has 0 unspecified atom stereocenters. The van der Waals surface area contributed by atoms with Crippen LogP contribution in [-0.2, 0) is 19.6 Å². The second-order valence-electron chi connectivity index (χ2n) is 6.21. The molecule has 28 heavy (non-hydrogen) atoms. The van der Waals surface area contributed by atoms with Crippen LogP contribution in [0.3, 0.4) is 0 Å². The fraction of sp³-hybridized carbons (Fsp3) is 0.100. The number of benzene rings is 3. The van der Waals surface area contributed by atoms with Gasteiger partial charge in [0.25, 0.3) is 10.0 Å². The van der Waals surface area contributed by atoms with E-state index in [1.807, 2.05) is 0 Å². The number of nitrogens with zero attached hydrogens (tertiary/aromatic N) is 1. The molecule has 0 bridgehead atoms. The molecule has 0 aliphatic carbocycles. The summed E-state index contributed by atoms with van der Waals surface area (Å²) in [5.74, 6) is -2.33. The summed E-state index contributed by atoms with van der Waals surface area (Å²) in [4.78, 5) is 24.3. The lowest BCUT2D eigenvalue weighted by molar-refractivity contribution is -0.140. The SMILES string of the molecule is O=C(CN1c2cccc3cccc(c23)S1(=O)=O)OCC(=O)c1ccccc1F. The molecule has 1 aliphatic rings. The third-order valence-corrected chi connectivity index (χ3v) is 6.29. The largest absolute Gasteiger partial charge is 0.456 e. The molecule has 0 saturated heterocycles. The lowest BCUT2D eigenvalue weighted by Gasteiger charge is -2.17. The summed E-state index contributed by atoms with van der Waals surface area (Å²) in [5.41, 5.74) is 0.187. The molecule has 142 valence electrons. The highest BCUT2D eigenvalue weighted by atomic mass is 32.2. The highest BCUT2D eigenvalue weighted by molar-refractivity contribution is 7.93. The van der Waals surface area contributed by atoms with E-state index in [2.05, 4.69) is 0 Å². The lowest BCUT2D eigenvalue weighted by atomic mass is 10.1. The normalized spacial score (nSPS) is 14.2. The molecule has 0 saturated carbocycles. The van der Waals surface area contributed by atoms with Gasteiger partial charge in [-0.05, 0) is 29.7 Å². The van der Waals surface area contributed by atoms with Crippen LogP contribution in [0.25, 0.3) is 10.8 Å². The predicted molar refractivity (Wildman–Crippen MR) is 100 cm³/mol. The van der Waals surface area contributed by atoms with Gasteiger partial charge in [0.15, 0.2) is 6.61 Å². The van der Waals surface area contributed by atoms with Gasteiger partial charge >= 0.3 is 5.97 Å². The van der Waals surface area contributed by atoms with Crippen molar-refractivity contribution in [1.82, 2.24) is 0 Å². The second-order valence-corrected chi connectivity index (χ2v) is 8.04. The molecule has 1 heterocycles. The highest BCUT2D eigenvalue weighted by Crippen LogP contribution is 2.41. The second kappa shape index (κ2) is 6.72. The Balaban J connectivity index is 1.52. The van der Waals surface area contributed by atoms with Gasteiger partial charge in [-0.25, -0.2) is 12.8 Å². The Hall–Kier alpha value is -3.26. The van der Waals surface area contributed by atoms with E-state index in [1.165, 1.54) is 24.3 Å². The zero-order chi connectivity index (χ0) is 19.9. The first kappa shape index (κ1) is 18.1. The Morgan fingerprint density at radius 1 is 0.964 bits per heavy atom. The third-order valence-electron chi connectivity index (χ3n) is 4.49. The minimum Gasteiger partial charge on any atom is -0.456 e. The van der Waals surface area contributed by atoms with Crippen molar-refractivity contribution >= 4 is 38.2 Å². The number of anilines is 1. The Morgan fingerprint density at radius 3 is 2.43 bits per heavy atom. The summed E-state index contributed by atoms with van der Waals surface area (Å²) in [7, 11) is -3.90. The Morgan fingerprint density at radius 2 is 1.68 bits per heavy atom. The first-order valence-electron chi connectivity index (χ1n) is 8.37. The van der Waals surface area contributed by atoms with Gasteiger partial charge in [-0.3, -0.25) is 13.9 Å². The van der Waals surface area contributed by atoms with E-state index in [1.54, 1.807) is 30.3 Å². The van der Waals surface area contributed by atoms with Gasteiger partial charge in [-0.2, -0.15) is 0 Å². The van der Waals surface area contributed by atoms with Crippen LogP contribution in [0, 0.1) is 5.82 Å². The zero-order valence-electron chi connectivity index (χ0n) is 14.5. The van der Waals surface area contributed by atoms with Crippen LogP contribution in [-0.4, -0.2) is 33.3 Å². The number of carbonyl (C=O) groups is 2. The number of ether oxygens (including phenoxy) is 1. The average molecular weight is 399 g/mol. The van der Waals surface area contributed by atoms with Gasteiger partial charge in [-0.1, -0.05) is 36.4 Å². The van der Waals surface area contributed by atoms with Crippen LogP contribution >= 0.6 is 0 Å². The highest BCUT2D eigenvalue weighted by Gasteiger charge is 2.37. The molecule has 0 spiro atoms. The number of Topliss-reactive ketones (excluding diaryl/α,β-unsaturated/α-hetero) is 1. The number of carbonyl (C=O) groups excluding carboxylic acids is 2. The molecule has 3 aromatic carbocycles. The monoisotopic (exact) mass is 399 g/mol. The molecule has 6 nitrogen and oxygen atoms in total. The topological polar surface area (TPSA) is 80.8 Å². The Kier molecular flexibility index (Phi) is 4.35. The predicted octanol–water partition coefficient (Wildman–Crippen LogP) is 2.91. The van der Waals surface area contributed by atoms with Crippen LogP contribution in [0.4, 0.5) is 10.1 Å². The smallest absolute Gasteiger partial charge is 0.327 e. The van der Waals surface area contributed by atoms with Gasteiger partial charge in [0.05, 0.1) is 16.1 Å². The van der Waals surface area contributed by atoms with Gasteiger partial charge < -0.3 is 4.74 Å². The van der Waals surface area contributed by atoms with E-state index >= 15 is 0 Å². The maximum absolute atomic E-state index is 13.6. The molecule has 4 rings (SSSR count). The minimum atomic E-state index is -3.90. The molecule has 0 aromatic heterocycles. The van der Waals surface area contributed by atoms with Gasteiger partial charge in [0, 0.05) is 5.39 Å². The number of sulfonamides is 1. The summed E-state index contributed by atoms with van der Waals surface area (Å²) in [5, 5.41) is 1.28. The van der Waals surface area contributed by atoms with Crippen LogP contribution in [0.15, 0.2) is 65.6 Å². The molecule has 0 fully saturated rings. The molecule has 0 N–H and O–H groups in total. The first-order chi connectivity index (χ1) is 13.4. The Labute approximate surface area is 160 Å². The van der Waals surface area contributed by atoms with E-state index in [4.69, 9.17) is 4.74 Å². The summed E-state index contributed by atoms with van der Waals surface area (Å²) < 4.78 is 45.1. The molecular formula is C20H14FNO5S. The van der Waals surface area contributed by atoms with Crippen molar-refractivity contribution in [2.45, 2.75) is 4.90 Å². The first-order valence-corrected chi connectivity index (χ1v) is 9.81. The summed E-state index contributed by atoms with van der Waals surface area (Å²) in [6.45, 7) is -1.26. The molecule has 1 aliphatic heterocycles. The van der Waals surface area contributed by atoms with E-state index in [-0.39, 0.29) is 10.5 Å². The number of esters is 1. The van der Waals surface area contributed by atoms with E-state index in [9.17, 15) is 22.4 Å². The molecule has 3 aromatic rings. The molecule has 0 atom stereocenters. The van der Waals surface area contributed by atoms with Crippen molar-refractivity contribution in [3.8, 4) is 0 Å². The van der Waals surface area contributed by atoms with Crippen molar-refractivity contribution in [3.63, 3.8) is 0 Å². The number of hydrogen-bond acceptors (Lipinski definition) is 5. The van der Waals surface area contributed by atoms with Crippen LogP contribution < -0.4 is 4.31 Å². The Bertz CT molecular complexity index is 1220. The number of halogens is 1. The molecule has 0 radical (unpaired) electrons. The number of rotatable bonds is 5. The van der Waals surface area contributed by atoms with Gasteiger partial charge in [0.2, 0.25) is 5.78 Å². The standard InChI is InChI=1S/C20H14FNO5S/c21-15-8-2-1-7-14(15)17(23)12-27-19(24)11-22-16-9-3-5-13-6-4-10-18(20(13)16)28(22,25)26/h1-10H,11-12H2. The van der Waals surface area contributed by atoms with E-state index in [0.717, 1.165) is 15.8 Å². The maximum Gasteiger partial charge on any atom is 0.327 e. The average Bonchev–Trinajstić information content (AvgIpc) is 2.90.